The Morgan fingerprint density at radius 3 is 1.31 bits per heavy atom. The minimum Gasteiger partial charge on any atom is -0.756 e. The van der Waals surface area contributed by atoms with Crippen LogP contribution in [0.15, 0.2) is 158 Å². The number of rotatable bonds is 44. The van der Waals surface area contributed by atoms with Gasteiger partial charge in [-0.05, 0) is 122 Å². The van der Waals surface area contributed by atoms with Crippen molar-refractivity contribution in [3.05, 3.63) is 158 Å². The molecule has 2 N–H and O–H groups in total. The van der Waals surface area contributed by atoms with Gasteiger partial charge in [0.2, 0.25) is 5.91 Å². The van der Waals surface area contributed by atoms with Crippen molar-refractivity contribution in [3.63, 3.8) is 0 Å². The summed E-state index contributed by atoms with van der Waals surface area (Å²) in [5, 5.41) is 13.7. The zero-order valence-electron chi connectivity index (χ0n) is 43.2. The molecule has 0 aliphatic carbocycles. The van der Waals surface area contributed by atoms with Crippen molar-refractivity contribution in [2.45, 2.75) is 167 Å². The maximum Gasteiger partial charge on any atom is 0.268 e. The fourth-order valence-electron chi connectivity index (χ4n) is 6.15. The van der Waals surface area contributed by atoms with Crippen molar-refractivity contribution >= 4 is 13.7 Å². The zero-order chi connectivity index (χ0) is 49.9. The van der Waals surface area contributed by atoms with Gasteiger partial charge in [0.1, 0.15) is 13.2 Å². The quantitative estimate of drug-likeness (QED) is 0.0273. The summed E-state index contributed by atoms with van der Waals surface area (Å²) in [7, 11) is 1.17. The van der Waals surface area contributed by atoms with Gasteiger partial charge in [-0.2, -0.15) is 0 Å². The van der Waals surface area contributed by atoms with Gasteiger partial charge in [0.25, 0.3) is 7.82 Å². The number of hydrogen-bond donors (Lipinski definition) is 2. The van der Waals surface area contributed by atoms with Crippen LogP contribution in [0.25, 0.3) is 0 Å². The molecule has 0 heterocycles. The molecule has 3 atom stereocenters. The maximum absolute atomic E-state index is 12.9. The molecule has 9 heteroatoms. The van der Waals surface area contributed by atoms with Crippen LogP contribution >= 0.6 is 7.82 Å². The minimum atomic E-state index is -4.63. The molecule has 0 fully saturated rings. The Bertz CT molecular complexity index is 1650. The molecular formula is C59H95N2O6P. The first-order valence-electron chi connectivity index (χ1n) is 25.8. The third kappa shape index (κ3) is 50.0. The van der Waals surface area contributed by atoms with Crippen molar-refractivity contribution in [1.29, 1.82) is 0 Å². The van der Waals surface area contributed by atoms with Gasteiger partial charge in [0, 0.05) is 6.42 Å². The number of amides is 1. The molecule has 0 aromatic heterocycles. The molecule has 0 rings (SSSR count). The van der Waals surface area contributed by atoms with Crippen molar-refractivity contribution in [2.75, 3.05) is 40.9 Å². The highest BCUT2D eigenvalue weighted by Gasteiger charge is 2.23. The van der Waals surface area contributed by atoms with Gasteiger partial charge in [-0.1, -0.05) is 185 Å². The average Bonchev–Trinajstić information content (AvgIpc) is 3.30. The molecule has 0 aromatic rings. The average molecular weight is 959 g/mol. The first kappa shape index (κ1) is 64.1. The van der Waals surface area contributed by atoms with Crippen LogP contribution in [0.1, 0.15) is 155 Å². The van der Waals surface area contributed by atoms with Crippen LogP contribution in [0, 0.1) is 0 Å². The Morgan fingerprint density at radius 2 is 0.897 bits per heavy atom. The molecule has 0 spiro atoms. The molecule has 0 aliphatic rings. The Morgan fingerprint density at radius 1 is 0.529 bits per heavy atom. The summed E-state index contributed by atoms with van der Waals surface area (Å²) >= 11 is 0. The van der Waals surface area contributed by atoms with E-state index in [0.717, 1.165) is 103 Å². The highest BCUT2D eigenvalue weighted by atomic mass is 31.2. The molecule has 0 aromatic carbocycles. The number of allylic oxidation sites excluding steroid dienone is 25. The molecule has 3 unspecified atom stereocenters. The lowest BCUT2D eigenvalue weighted by Crippen LogP contribution is -2.45. The highest BCUT2D eigenvalue weighted by Crippen LogP contribution is 2.38. The lowest BCUT2D eigenvalue weighted by Gasteiger charge is -2.29. The topological polar surface area (TPSA) is 108 Å². The number of nitrogens with zero attached hydrogens (tertiary/aromatic N) is 1. The van der Waals surface area contributed by atoms with Crippen molar-refractivity contribution < 1.29 is 32.9 Å². The zero-order valence-corrected chi connectivity index (χ0v) is 44.1. The summed E-state index contributed by atoms with van der Waals surface area (Å²) in [6, 6.07) is -0.945. The lowest BCUT2D eigenvalue weighted by atomic mass is 10.1. The number of aliphatic hydroxyl groups excluding tert-OH is 1. The molecule has 1 amide bonds. The number of carbonyl (C=O) groups is 1. The number of phosphoric acid groups is 1. The van der Waals surface area contributed by atoms with Crippen molar-refractivity contribution in [2.24, 2.45) is 0 Å². The number of aliphatic hydroxyl groups is 1. The molecule has 0 saturated heterocycles. The Balaban J connectivity index is 4.39. The molecule has 0 saturated carbocycles. The summed E-state index contributed by atoms with van der Waals surface area (Å²) in [6.07, 6.45) is 76.0. The number of carbonyl (C=O) groups excluding carboxylic acids is 1. The number of likely N-dealkylation sites (N-methyl/N-ethyl adjacent to an activating group) is 1. The second-order valence-corrected chi connectivity index (χ2v) is 19.2. The van der Waals surface area contributed by atoms with E-state index in [0.29, 0.717) is 23.9 Å². The van der Waals surface area contributed by atoms with Gasteiger partial charge in [0.05, 0.1) is 39.9 Å². The summed E-state index contributed by atoms with van der Waals surface area (Å²) in [5.41, 5.74) is 0. The third-order valence-electron chi connectivity index (χ3n) is 10.2. The predicted octanol–water partition coefficient (Wildman–Crippen LogP) is 14.9. The largest absolute Gasteiger partial charge is 0.756 e. The number of quaternary nitrogens is 1. The highest BCUT2D eigenvalue weighted by molar-refractivity contribution is 7.45. The van der Waals surface area contributed by atoms with Gasteiger partial charge in [0.15, 0.2) is 0 Å². The first-order valence-corrected chi connectivity index (χ1v) is 27.3. The summed E-state index contributed by atoms with van der Waals surface area (Å²) < 4.78 is 23.2. The number of nitrogens with one attached hydrogen (secondary N) is 1. The van der Waals surface area contributed by atoms with Crippen LogP contribution < -0.4 is 10.2 Å². The molecule has 68 heavy (non-hydrogen) atoms. The monoisotopic (exact) mass is 959 g/mol. The molecule has 0 radical (unpaired) electrons. The van der Waals surface area contributed by atoms with Gasteiger partial charge >= 0.3 is 0 Å². The van der Waals surface area contributed by atoms with Crippen LogP contribution in [0.4, 0.5) is 0 Å². The van der Waals surface area contributed by atoms with E-state index in [9.17, 15) is 19.4 Å². The SMILES string of the molecule is CC/C=C\C/C=C\C/C=C\C/C=C\C/C=C\C/C=C\C/C=C\C/C=C\C/C=C\C/C=C\CCCCC(=O)NC(COP(=O)([O-])OCC[N+](C)(C)C)C(O)/C=C/CC/C=C/CC/C=C/CCCCC. The Hall–Kier alpha value is -3.88. The second kappa shape index (κ2) is 48.2. The number of unbranched alkanes of at least 4 members (excludes halogenated alkanes) is 7. The Kier molecular flexibility index (Phi) is 45.4. The fraction of sp³-hybridized carbons (Fsp3) is 0.542. The molecule has 8 nitrogen and oxygen atoms in total. The predicted molar refractivity (Wildman–Crippen MR) is 292 cm³/mol. The van der Waals surface area contributed by atoms with Gasteiger partial charge in [-0.3, -0.25) is 9.36 Å². The Labute approximate surface area is 416 Å². The normalized spacial score (nSPS) is 15.3. The molecule has 382 valence electrons. The summed E-state index contributed by atoms with van der Waals surface area (Å²) in [5.74, 6) is -0.264. The van der Waals surface area contributed by atoms with Gasteiger partial charge < -0.3 is 28.8 Å². The standard InChI is InChI=1S/C59H95N2O6P/c1-6-8-10-12-14-16-18-20-21-22-23-24-25-26-27-28-29-30-31-32-33-34-35-36-37-38-39-41-43-45-47-49-51-53-59(63)60-57(56-67-68(64,65)66-55-54-61(3,4)5)58(62)52-50-48-46-44-42-40-19-17-15-13-11-9-7-2/h8,10,14-17,20-21,23-24,26-27,29-30,32-33,35-36,38-39,42-45,50,52,57-58,62H,6-7,9,11-13,18-19,22,25,28,31,34,37,40-41,46-49,51,53-56H2,1-5H3,(H-,60,63,64,65)/b10-8-,16-14-,17-15+,21-20-,24-23-,27-26-,30-29-,33-32-,36-35-,39-38-,44-42+,45-43-,52-50+. The van der Waals surface area contributed by atoms with Gasteiger partial charge in [-0.25, -0.2) is 0 Å². The van der Waals surface area contributed by atoms with Crippen LogP contribution in [-0.2, 0) is 18.4 Å². The van der Waals surface area contributed by atoms with E-state index >= 15 is 0 Å². The fourth-order valence-corrected chi connectivity index (χ4v) is 6.87. The van der Waals surface area contributed by atoms with Crippen molar-refractivity contribution in [3.8, 4) is 0 Å². The number of hydrogen-bond acceptors (Lipinski definition) is 6. The maximum atomic E-state index is 12.9. The van der Waals surface area contributed by atoms with E-state index in [2.05, 4.69) is 165 Å². The number of phosphoric ester groups is 1. The van der Waals surface area contributed by atoms with Crippen LogP contribution in [-0.4, -0.2) is 68.5 Å². The van der Waals surface area contributed by atoms with E-state index in [1.807, 2.05) is 27.2 Å². The third-order valence-corrected chi connectivity index (χ3v) is 11.2. The van der Waals surface area contributed by atoms with E-state index in [1.165, 1.54) is 19.3 Å². The van der Waals surface area contributed by atoms with Crippen LogP contribution in [0.3, 0.4) is 0 Å². The van der Waals surface area contributed by atoms with Crippen LogP contribution in [0.5, 0.6) is 0 Å². The lowest BCUT2D eigenvalue weighted by molar-refractivity contribution is -0.870. The molecular weight excluding hydrogens is 864 g/mol. The van der Waals surface area contributed by atoms with E-state index < -0.39 is 26.6 Å². The van der Waals surface area contributed by atoms with E-state index in [-0.39, 0.29) is 18.9 Å². The van der Waals surface area contributed by atoms with Crippen LogP contribution in [0.2, 0.25) is 0 Å². The first-order chi connectivity index (χ1) is 33.0. The van der Waals surface area contributed by atoms with Gasteiger partial charge in [-0.15, -0.1) is 0 Å². The molecule has 0 bridgehead atoms. The van der Waals surface area contributed by atoms with Crippen molar-refractivity contribution in [1.82, 2.24) is 5.32 Å². The molecule has 0 aliphatic heterocycles. The summed E-state index contributed by atoms with van der Waals surface area (Å²) in [4.78, 5) is 25.4. The summed E-state index contributed by atoms with van der Waals surface area (Å²) in [6.45, 7) is 4.39. The van der Waals surface area contributed by atoms with E-state index in [1.54, 1.807) is 6.08 Å². The smallest absolute Gasteiger partial charge is 0.268 e. The van der Waals surface area contributed by atoms with E-state index in [4.69, 9.17) is 9.05 Å². The second-order valence-electron chi connectivity index (χ2n) is 17.8. The minimum absolute atomic E-state index is 0.0274.